The summed E-state index contributed by atoms with van der Waals surface area (Å²) < 4.78 is 17.1. The minimum absolute atomic E-state index is 0.0131. The summed E-state index contributed by atoms with van der Waals surface area (Å²) in [5.74, 6) is -1.84. The lowest BCUT2D eigenvalue weighted by atomic mass is 10.1. The van der Waals surface area contributed by atoms with Crippen molar-refractivity contribution in [3.05, 3.63) is 72.9 Å². The van der Waals surface area contributed by atoms with Crippen LogP contribution in [-0.2, 0) is 28.6 Å². The van der Waals surface area contributed by atoms with Crippen LogP contribution in [0.4, 0.5) is 0 Å². The topological polar surface area (TPSA) is 102 Å². The Labute approximate surface area is 355 Å². The predicted octanol–water partition coefficient (Wildman–Crippen LogP) is 11.4. The molecule has 58 heavy (non-hydrogen) atoms. The van der Waals surface area contributed by atoms with Crippen LogP contribution in [0, 0.1) is 0 Å². The lowest BCUT2D eigenvalue weighted by Crippen LogP contribution is -2.55. The van der Waals surface area contributed by atoms with E-state index in [1.807, 2.05) is 54.7 Å². The van der Waals surface area contributed by atoms with E-state index in [0.717, 1.165) is 32.1 Å². The van der Waals surface area contributed by atoms with Gasteiger partial charge in [-0.1, -0.05) is 177 Å². The molecule has 0 fully saturated rings. The number of carbonyl (C=O) groups excluding carboxylic acids is 3. The Hall–Kier alpha value is -3.23. The minimum Gasteiger partial charge on any atom is -0.544 e. The maximum Gasteiger partial charge on any atom is 0.306 e. The second kappa shape index (κ2) is 40.5. The van der Waals surface area contributed by atoms with Crippen LogP contribution >= 0.6 is 0 Å². The molecular weight excluding hydrogens is 727 g/mol. The summed E-state index contributed by atoms with van der Waals surface area (Å²) in [5.41, 5.74) is 0. The standard InChI is InChI=1S/C50H85NO7/c1-6-8-10-12-14-16-18-20-21-22-23-24-25-26-27-29-31-33-35-37-39-41-49(53)58-46(44-56-43-42-47(50(54)55)51(3,4)5)45-57-48(52)40-38-36-34-32-30-28-19-17-15-13-11-9-7-2/h9,11,13,15,17,19,24-25,28,30,32,34,46-47H,6-8,10,12,14,16,18,20-23,26-27,29,31,33,35-45H2,1-5H3/b11-9+,15-13+,19-17+,25-24+,30-28+,34-32+. The third-order valence-electron chi connectivity index (χ3n) is 9.95. The predicted molar refractivity (Wildman–Crippen MR) is 240 cm³/mol. The molecule has 332 valence electrons. The van der Waals surface area contributed by atoms with Gasteiger partial charge < -0.3 is 28.6 Å². The normalized spacial score (nSPS) is 13.6. The molecule has 0 amide bonds. The van der Waals surface area contributed by atoms with Crippen LogP contribution in [0.2, 0.25) is 0 Å². The third-order valence-corrected chi connectivity index (χ3v) is 9.95. The number of carboxylic acid groups (broad SMARTS) is 1. The average molecular weight is 812 g/mol. The molecule has 0 heterocycles. The molecule has 2 unspecified atom stereocenters. The van der Waals surface area contributed by atoms with Gasteiger partial charge in [-0.25, -0.2) is 0 Å². The molecule has 0 saturated heterocycles. The van der Waals surface area contributed by atoms with Crippen LogP contribution < -0.4 is 5.11 Å². The van der Waals surface area contributed by atoms with Gasteiger partial charge in [0.05, 0.1) is 40.3 Å². The molecule has 0 bridgehead atoms. The molecule has 0 aliphatic carbocycles. The van der Waals surface area contributed by atoms with E-state index in [9.17, 15) is 19.5 Å². The van der Waals surface area contributed by atoms with E-state index < -0.39 is 18.1 Å². The number of rotatable bonds is 40. The van der Waals surface area contributed by atoms with Gasteiger partial charge in [0.1, 0.15) is 12.6 Å². The van der Waals surface area contributed by atoms with E-state index in [1.54, 1.807) is 21.1 Å². The van der Waals surface area contributed by atoms with Crippen molar-refractivity contribution in [2.24, 2.45) is 0 Å². The smallest absolute Gasteiger partial charge is 0.306 e. The molecule has 0 radical (unpaired) electrons. The summed E-state index contributed by atoms with van der Waals surface area (Å²) >= 11 is 0. The molecule has 2 atom stereocenters. The highest BCUT2D eigenvalue weighted by Crippen LogP contribution is 2.14. The third kappa shape index (κ3) is 38.3. The van der Waals surface area contributed by atoms with Crippen LogP contribution in [0.1, 0.15) is 174 Å². The number of aliphatic carboxylic acids is 1. The fraction of sp³-hybridized carbons (Fsp3) is 0.700. The molecule has 0 aromatic heterocycles. The number of carboxylic acids is 1. The summed E-state index contributed by atoms with van der Waals surface area (Å²) in [6.07, 6.45) is 50.9. The number of likely N-dealkylation sites (N-methyl/N-ethyl adjacent to an activating group) is 1. The Morgan fingerprint density at radius 3 is 1.52 bits per heavy atom. The average Bonchev–Trinajstić information content (AvgIpc) is 3.18. The lowest BCUT2D eigenvalue weighted by Gasteiger charge is -2.34. The van der Waals surface area contributed by atoms with Crippen LogP contribution in [0.15, 0.2) is 72.9 Å². The minimum atomic E-state index is -1.14. The monoisotopic (exact) mass is 812 g/mol. The molecule has 0 aliphatic rings. The number of ether oxygens (including phenoxy) is 3. The van der Waals surface area contributed by atoms with E-state index in [-0.39, 0.29) is 49.1 Å². The Morgan fingerprint density at radius 1 is 0.534 bits per heavy atom. The summed E-state index contributed by atoms with van der Waals surface area (Å²) in [4.78, 5) is 36.8. The first-order valence-corrected chi connectivity index (χ1v) is 23.0. The first-order chi connectivity index (χ1) is 28.1. The largest absolute Gasteiger partial charge is 0.544 e. The molecule has 0 aromatic carbocycles. The van der Waals surface area contributed by atoms with Crippen molar-refractivity contribution in [3.8, 4) is 0 Å². The molecule has 0 saturated carbocycles. The quantitative estimate of drug-likeness (QED) is 0.0200. The SMILES string of the molecule is CC/C=C/C=C/C=C/C=C/C=C/CCCC(=O)OCC(COCCC(C(=O)[O-])[N+](C)(C)C)OC(=O)CCCCCCCCC/C=C/CCCCCCCCCCCC. The molecule has 0 aliphatic heterocycles. The van der Waals surface area contributed by atoms with E-state index in [1.165, 1.54) is 103 Å². The first kappa shape index (κ1) is 54.8. The fourth-order valence-electron chi connectivity index (χ4n) is 6.39. The highest BCUT2D eigenvalue weighted by molar-refractivity contribution is 5.70. The zero-order chi connectivity index (χ0) is 42.8. The van der Waals surface area contributed by atoms with Crippen molar-refractivity contribution in [3.63, 3.8) is 0 Å². The zero-order valence-corrected chi connectivity index (χ0v) is 37.7. The van der Waals surface area contributed by atoms with E-state index in [2.05, 4.69) is 32.1 Å². The van der Waals surface area contributed by atoms with Gasteiger partial charge in [0, 0.05) is 19.3 Å². The van der Waals surface area contributed by atoms with E-state index in [4.69, 9.17) is 14.2 Å². The Bertz CT molecular complexity index is 1180. The van der Waals surface area contributed by atoms with Gasteiger partial charge in [0.2, 0.25) is 0 Å². The van der Waals surface area contributed by atoms with Crippen LogP contribution in [0.3, 0.4) is 0 Å². The van der Waals surface area contributed by atoms with Crippen molar-refractivity contribution < 1.29 is 38.2 Å². The summed E-state index contributed by atoms with van der Waals surface area (Å²) in [6.45, 7) is 4.43. The maximum atomic E-state index is 12.7. The van der Waals surface area contributed by atoms with Crippen molar-refractivity contribution in [1.82, 2.24) is 0 Å². The number of quaternary nitrogens is 1. The lowest BCUT2D eigenvalue weighted by molar-refractivity contribution is -0.889. The molecule has 8 nitrogen and oxygen atoms in total. The molecule has 0 rings (SSSR count). The van der Waals surface area contributed by atoms with Crippen LogP contribution in [0.25, 0.3) is 0 Å². The summed E-state index contributed by atoms with van der Waals surface area (Å²) in [7, 11) is 5.38. The highest BCUT2D eigenvalue weighted by Gasteiger charge is 2.25. The Kier molecular flexibility index (Phi) is 38.3. The molecular formula is C50H85NO7. The van der Waals surface area contributed by atoms with E-state index in [0.29, 0.717) is 12.8 Å². The summed E-state index contributed by atoms with van der Waals surface area (Å²) in [6, 6.07) is -0.740. The number of hydrogen-bond acceptors (Lipinski definition) is 7. The fourth-order valence-corrected chi connectivity index (χ4v) is 6.39. The van der Waals surface area contributed by atoms with Gasteiger partial charge in [-0.05, 0) is 51.4 Å². The van der Waals surface area contributed by atoms with Gasteiger partial charge in [0.15, 0.2) is 6.10 Å². The van der Waals surface area contributed by atoms with Crippen molar-refractivity contribution in [2.45, 2.75) is 187 Å². The van der Waals surface area contributed by atoms with Gasteiger partial charge in [-0.3, -0.25) is 9.59 Å². The number of carbonyl (C=O) groups is 3. The van der Waals surface area contributed by atoms with Gasteiger partial charge >= 0.3 is 11.9 Å². The Balaban J connectivity index is 4.36. The number of nitrogens with zero attached hydrogens (tertiary/aromatic N) is 1. The maximum absolute atomic E-state index is 12.7. The summed E-state index contributed by atoms with van der Waals surface area (Å²) in [5, 5.41) is 11.6. The Morgan fingerprint density at radius 2 is 1.00 bits per heavy atom. The number of esters is 2. The van der Waals surface area contributed by atoms with Gasteiger partial charge in [-0.2, -0.15) is 0 Å². The van der Waals surface area contributed by atoms with Crippen molar-refractivity contribution >= 4 is 17.9 Å². The molecule has 8 heteroatoms. The highest BCUT2D eigenvalue weighted by atomic mass is 16.6. The number of unbranched alkanes of at least 4 members (excludes halogenated alkanes) is 18. The number of allylic oxidation sites excluding steroid dienone is 12. The van der Waals surface area contributed by atoms with Gasteiger partial charge in [0.25, 0.3) is 0 Å². The second-order valence-corrected chi connectivity index (χ2v) is 16.4. The van der Waals surface area contributed by atoms with Gasteiger partial charge in [-0.15, -0.1) is 0 Å². The zero-order valence-electron chi connectivity index (χ0n) is 37.7. The first-order valence-electron chi connectivity index (χ1n) is 23.0. The molecule has 0 N–H and O–H groups in total. The van der Waals surface area contributed by atoms with Crippen LogP contribution in [-0.4, -0.2) is 75.5 Å². The second-order valence-electron chi connectivity index (χ2n) is 16.4. The van der Waals surface area contributed by atoms with Crippen LogP contribution in [0.5, 0.6) is 0 Å². The number of hydrogen-bond donors (Lipinski definition) is 0. The van der Waals surface area contributed by atoms with E-state index >= 15 is 0 Å². The molecule has 0 aromatic rings. The van der Waals surface area contributed by atoms with Crippen molar-refractivity contribution in [2.75, 3.05) is 41.0 Å². The van der Waals surface area contributed by atoms with Crippen molar-refractivity contribution in [1.29, 1.82) is 0 Å². The molecule has 0 spiro atoms.